The van der Waals surface area contributed by atoms with E-state index in [4.69, 9.17) is 34.8 Å². The summed E-state index contributed by atoms with van der Waals surface area (Å²) in [7, 11) is 0. The van der Waals surface area contributed by atoms with E-state index in [1.807, 2.05) is 12.1 Å². The lowest BCUT2D eigenvalue weighted by molar-refractivity contribution is 0.627. The van der Waals surface area contributed by atoms with Crippen molar-refractivity contribution < 1.29 is 0 Å². The van der Waals surface area contributed by atoms with E-state index >= 15 is 0 Å². The molecule has 0 fully saturated rings. The molecule has 2 aromatic rings. The van der Waals surface area contributed by atoms with Crippen LogP contribution in [0.4, 0.5) is 0 Å². The average Bonchev–Trinajstić information content (AvgIpc) is 2.77. The van der Waals surface area contributed by atoms with Crippen molar-refractivity contribution in [2.75, 3.05) is 0 Å². The van der Waals surface area contributed by atoms with Crippen LogP contribution in [-0.4, -0.2) is 14.8 Å². The van der Waals surface area contributed by atoms with Gasteiger partial charge in [-0.2, -0.15) is 0 Å². The third-order valence-electron chi connectivity index (χ3n) is 2.82. The van der Waals surface area contributed by atoms with Gasteiger partial charge in [0.25, 0.3) is 0 Å². The van der Waals surface area contributed by atoms with Gasteiger partial charge < -0.3 is 4.57 Å². The standard InChI is InChI=1S/C13H14Cl3N3/c1-2-5-19-12(17-18-13(19)8-14)7-9-3-4-10(15)11(16)6-9/h3-4,6H,2,5,7-8H2,1H3. The largest absolute Gasteiger partial charge is 0.314 e. The molecule has 3 nitrogen and oxygen atoms in total. The zero-order valence-electron chi connectivity index (χ0n) is 10.5. The van der Waals surface area contributed by atoms with Crippen LogP contribution in [0.3, 0.4) is 0 Å². The molecule has 0 aliphatic rings. The zero-order valence-corrected chi connectivity index (χ0v) is 12.8. The Morgan fingerprint density at radius 2 is 1.84 bits per heavy atom. The molecule has 0 saturated heterocycles. The highest BCUT2D eigenvalue weighted by atomic mass is 35.5. The van der Waals surface area contributed by atoms with E-state index in [0.717, 1.165) is 30.2 Å². The number of hydrogen-bond acceptors (Lipinski definition) is 2. The summed E-state index contributed by atoms with van der Waals surface area (Å²) in [5.74, 6) is 2.07. The second kappa shape index (κ2) is 6.60. The van der Waals surface area contributed by atoms with Crippen molar-refractivity contribution in [2.45, 2.75) is 32.2 Å². The molecule has 0 aliphatic carbocycles. The van der Waals surface area contributed by atoms with Crippen LogP contribution in [0.2, 0.25) is 10.0 Å². The number of rotatable bonds is 5. The molecule has 0 radical (unpaired) electrons. The summed E-state index contributed by atoms with van der Waals surface area (Å²) in [5, 5.41) is 9.43. The molecular formula is C13H14Cl3N3. The van der Waals surface area contributed by atoms with Gasteiger partial charge in [-0.15, -0.1) is 21.8 Å². The van der Waals surface area contributed by atoms with E-state index in [0.29, 0.717) is 22.3 Å². The normalized spacial score (nSPS) is 10.9. The predicted molar refractivity (Wildman–Crippen MR) is 79.1 cm³/mol. The molecule has 1 aromatic heterocycles. The molecule has 0 bridgehead atoms. The van der Waals surface area contributed by atoms with Crippen molar-refractivity contribution in [3.8, 4) is 0 Å². The third-order valence-corrected chi connectivity index (χ3v) is 3.80. The lowest BCUT2D eigenvalue weighted by Gasteiger charge is -2.08. The Balaban J connectivity index is 2.27. The van der Waals surface area contributed by atoms with Crippen molar-refractivity contribution in [1.29, 1.82) is 0 Å². The molecule has 0 spiro atoms. The fraction of sp³-hybridized carbons (Fsp3) is 0.385. The Hall–Kier alpha value is -0.770. The first-order valence-corrected chi connectivity index (χ1v) is 7.35. The molecular weight excluding hydrogens is 305 g/mol. The monoisotopic (exact) mass is 317 g/mol. The summed E-state index contributed by atoms with van der Waals surface area (Å²) in [6.45, 7) is 2.98. The van der Waals surface area contributed by atoms with Gasteiger partial charge in [0.15, 0.2) is 0 Å². The second-order valence-corrected chi connectivity index (χ2v) is 5.32. The SMILES string of the molecule is CCCn1c(CCl)nnc1Cc1ccc(Cl)c(Cl)c1. The topological polar surface area (TPSA) is 30.7 Å². The smallest absolute Gasteiger partial charge is 0.147 e. The fourth-order valence-electron chi connectivity index (χ4n) is 1.92. The van der Waals surface area contributed by atoms with Crippen LogP contribution in [0.15, 0.2) is 18.2 Å². The molecule has 2 rings (SSSR count). The molecule has 0 N–H and O–H groups in total. The summed E-state index contributed by atoms with van der Waals surface area (Å²) in [6, 6.07) is 5.59. The highest BCUT2D eigenvalue weighted by Crippen LogP contribution is 2.23. The minimum atomic E-state index is 0.369. The van der Waals surface area contributed by atoms with E-state index in [9.17, 15) is 0 Å². The molecule has 19 heavy (non-hydrogen) atoms. The van der Waals surface area contributed by atoms with Crippen LogP contribution < -0.4 is 0 Å². The lowest BCUT2D eigenvalue weighted by atomic mass is 10.1. The van der Waals surface area contributed by atoms with E-state index in [1.54, 1.807) is 6.07 Å². The first-order chi connectivity index (χ1) is 9.15. The van der Waals surface area contributed by atoms with Gasteiger partial charge in [0.05, 0.1) is 15.9 Å². The van der Waals surface area contributed by atoms with Crippen LogP contribution in [0, 0.1) is 0 Å². The molecule has 0 saturated carbocycles. The summed E-state index contributed by atoms with van der Waals surface area (Å²) >= 11 is 17.8. The molecule has 6 heteroatoms. The third kappa shape index (κ3) is 3.41. The minimum absolute atomic E-state index is 0.369. The molecule has 0 unspecified atom stereocenters. The van der Waals surface area contributed by atoms with Gasteiger partial charge >= 0.3 is 0 Å². The van der Waals surface area contributed by atoms with Gasteiger partial charge in [0.1, 0.15) is 11.6 Å². The fourth-order valence-corrected chi connectivity index (χ4v) is 2.43. The Bertz CT molecular complexity index is 566. The molecule has 0 atom stereocenters. The van der Waals surface area contributed by atoms with Crippen molar-refractivity contribution in [1.82, 2.24) is 14.8 Å². The van der Waals surface area contributed by atoms with Gasteiger partial charge in [-0.05, 0) is 24.1 Å². The van der Waals surface area contributed by atoms with E-state index < -0.39 is 0 Å². The summed E-state index contributed by atoms with van der Waals surface area (Å²) in [6.07, 6.45) is 1.68. The van der Waals surface area contributed by atoms with Crippen LogP contribution in [0.1, 0.15) is 30.6 Å². The van der Waals surface area contributed by atoms with Crippen LogP contribution >= 0.6 is 34.8 Å². The van der Waals surface area contributed by atoms with Gasteiger partial charge in [-0.25, -0.2) is 0 Å². The van der Waals surface area contributed by atoms with Crippen LogP contribution in [-0.2, 0) is 18.8 Å². The van der Waals surface area contributed by atoms with E-state index in [1.165, 1.54) is 0 Å². The summed E-state index contributed by atoms with van der Waals surface area (Å²) in [4.78, 5) is 0. The van der Waals surface area contributed by atoms with E-state index in [-0.39, 0.29) is 0 Å². The molecule has 1 heterocycles. The highest BCUT2D eigenvalue weighted by Gasteiger charge is 2.11. The number of aromatic nitrogens is 3. The van der Waals surface area contributed by atoms with Gasteiger partial charge in [-0.3, -0.25) is 0 Å². The number of nitrogens with zero attached hydrogens (tertiary/aromatic N) is 3. The molecule has 0 amide bonds. The molecule has 0 aliphatic heterocycles. The quantitative estimate of drug-likeness (QED) is 0.768. The maximum Gasteiger partial charge on any atom is 0.147 e. The van der Waals surface area contributed by atoms with Crippen molar-refractivity contribution in [3.63, 3.8) is 0 Å². The lowest BCUT2D eigenvalue weighted by Crippen LogP contribution is -2.07. The Morgan fingerprint density at radius 3 is 2.47 bits per heavy atom. The van der Waals surface area contributed by atoms with Crippen molar-refractivity contribution in [3.05, 3.63) is 45.5 Å². The Morgan fingerprint density at radius 1 is 1.11 bits per heavy atom. The molecule has 1 aromatic carbocycles. The van der Waals surface area contributed by atoms with Crippen molar-refractivity contribution >= 4 is 34.8 Å². The number of alkyl halides is 1. The van der Waals surface area contributed by atoms with Crippen LogP contribution in [0.5, 0.6) is 0 Å². The summed E-state index contributed by atoms with van der Waals surface area (Å²) in [5.41, 5.74) is 1.06. The summed E-state index contributed by atoms with van der Waals surface area (Å²) < 4.78 is 2.06. The highest BCUT2D eigenvalue weighted by molar-refractivity contribution is 6.42. The van der Waals surface area contributed by atoms with Gasteiger partial charge in [0, 0.05) is 13.0 Å². The first-order valence-electron chi connectivity index (χ1n) is 6.06. The number of hydrogen-bond donors (Lipinski definition) is 0. The van der Waals surface area contributed by atoms with Gasteiger partial charge in [-0.1, -0.05) is 36.2 Å². The Labute approximate surface area is 127 Å². The zero-order chi connectivity index (χ0) is 13.8. The maximum atomic E-state index is 6.02. The Kier molecular flexibility index (Phi) is 5.08. The van der Waals surface area contributed by atoms with Crippen LogP contribution in [0.25, 0.3) is 0 Å². The number of benzene rings is 1. The minimum Gasteiger partial charge on any atom is -0.314 e. The first kappa shape index (κ1) is 14.6. The predicted octanol–water partition coefficient (Wildman–Crippen LogP) is 4.32. The second-order valence-electron chi connectivity index (χ2n) is 4.24. The van der Waals surface area contributed by atoms with Crippen molar-refractivity contribution in [2.24, 2.45) is 0 Å². The van der Waals surface area contributed by atoms with Gasteiger partial charge in [0.2, 0.25) is 0 Å². The maximum absolute atomic E-state index is 6.02. The molecule has 102 valence electrons. The number of halogens is 3. The van der Waals surface area contributed by atoms with E-state index in [2.05, 4.69) is 21.7 Å². The average molecular weight is 319 g/mol.